The van der Waals surface area contributed by atoms with Gasteiger partial charge in [0.05, 0.1) is 18.5 Å². The standard InChI is InChI=1S/C16H23N3O/c1-4-19(11-14(2)10-17)16(20)13-18(3)12-15-8-6-5-7-9-15/h5-9,14H,4,11-13H2,1-3H3. The predicted octanol–water partition coefficient (Wildman–Crippen LogP) is 2.13. The molecule has 108 valence electrons. The Balaban J connectivity index is 2.49. The number of hydrogen-bond acceptors (Lipinski definition) is 3. The first kappa shape index (κ1) is 16.2. The third kappa shape index (κ3) is 5.41. The normalized spacial score (nSPS) is 11.9. The van der Waals surface area contributed by atoms with Crippen LogP contribution in [-0.2, 0) is 11.3 Å². The van der Waals surface area contributed by atoms with E-state index in [9.17, 15) is 4.79 Å². The van der Waals surface area contributed by atoms with Crippen molar-refractivity contribution in [2.45, 2.75) is 20.4 Å². The maximum absolute atomic E-state index is 12.2. The van der Waals surface area contributed by atoms with E-state index in [2.05, 4.69) is 18.2 Å². The van der Waals surface area contributed by atoms with Crippen LogP contribution in [0.3, 0.4) is 0 Å². The van der Waals surface area contributed by atoms with Crippen LogP contribution in [0.2, 0.25) is 0 Å². The summed E-state index contributed by atoms with van der Waals surface area (Å²) in [5, 5.41) is 8.84. The third-order valence-corrected chi connectivity index (χ3v) is 3.15. The van der Waals surface area contributed by atoms with Gasteiger partial charge in [0.15, 0.2) is 0 Å². The van der Waals surface area contributed by atoms with Gasteiger partial charge in [0.25, 0.3) is 0 Å². The number of hydrogen-bond donors (Lipinski definition) is 0. The number of rotatable bonds is 7. The fourth-order valence-corrected chi connectivity index (χ4v) is 2.06. The van der Waals surface area contributed by atoms with Crippen molar-refractivity contribution in [1.29, 1.82) is 5.26 Å². The fourth-order valence-electron chi connectivity index (χ4n) is 2.06. The number of carbonyl (C=O) groups excluding carboxylic acids is 1. The van der Waals surface area contributed by atoms with Crippen molar-refractivity contribution in [3.05, 3.63) is 35.9 Å². The van der Waals surface area contributed by atoms with Crippen LogP contribution in [0.5, 0.6) is 0 Å². The molecule has 4 nitrogen and oxygen atoms in total. The van der Waals surface area contributed by atoms with E-state index in [1.54, 1.807) is 4.90 Å². The highest BCUT2D eigenvalue weighted by atomic mass is 16.2. The van der Waals surface area contributed by atoms with Gasteiger partial charge in [-0.3, -0.25) is 9.69 Å². The second-order valence-corrected chi connectivity index (χ2v) is 5.12. The van der Waals surface area contributed by atoms with Crippen LogP contribution >= 0.6 is 0 Å². The molecule has 0 fully saturated rings. The first-order valence-corrected chi connectivity index (χ1v) is 6.96. The second kappa shape index (κ2) is 8.34. The lowest BCUT2D eigenvalue weighted by Gasteiger charge is -2.25. The lowest BCUT2D eigenvalue weighted by Crippen LogP contribution is -2.40. The van der Waals surface area contributed by atoms with E-state index in [-0.39, 0.29) is 11.8 Å². The van der Waals surface area contributed by atoms with Gasteiger partial charge in [-0.1, -0.05) is 30.3 Å². The maximum Gasteiger partial charge on any atom is 0.236 e. The van der Waals surface area contributed by atoms with E-state index in [4.69, 9.17) is 5.26 Å². The minimum absolute atomic E-state index is 0.0769. The van der Waals surface area contributed by atoms with Crippen LogP contribution < -0.4 is 0 Å². The molecule has 1 amide bonds. The number of carbonyl (C=O) groups is 1. The Morgan fingerprint density at radius 1 is 1.35 bits per heavy atom. The molecule has 20 heavy (non-hydrogen) atoms. The molecule has 0 aliphatic rings. The monoisotopic (exact) mass is 273 g/mol. The molecule has 0 heterocycles. The molecule has 1 aromatic carbocycles. The summed E-state index contributed by atoms with van der Waals surface area (Å²) in [6.07, 6.45) is 0. The summed E-state index contributed by atoms with van der Waals surface area (Å²) in [6.45, 7) is 6.05. The molecular formula is C16H23N3O. The molecule has 0 bridgehead atoms. The Morgan fingerprint density at radius 3 is 2.55 bits per heavy atom. The van der Waals surface area contributed by atoms with Crippen molar-refractivity contribution in [2.75, 3.05) is 26.7 Å². The predicted molar refractivity (Wildman–Crippen MR) is 79.8 cm³/mol. The van der Waals surface area contributed by atoms with E-state index in [0.29, 0.717) is 19.6 Å². The molecule has 4 heteroatoms. The molecule has 0 aliphatic heterocycles. The first-order valence-electron chi connectivity index (χ1n) is 6.96. The molecule has 1 aromatic rings. The van der Waals surface area contributed by atoms with Gasteiger partial charge in [-0.2, -0.15) is 5.26 Å². The smallest absolute Gasteiger partial charge is 0.236 e. The number of nitrogens with zero attached hydrogens (tertiary/aromatic N) is 3. The summed E-state index contributed by atoms with van der Waals surface area (Å²) in [7, 11) is 1.94. The Kier molecular flexibility index (Phi) is 6.75. The molecule has 1 unspecified atom stereocenters. The van der Waals surface area contributed by atoms with E-state index in [1.807, 2.05) is 44.0 Å². The minimum atomic E-state index is -0.127. The van der Waals surface area contributed by atoms with Crippen molar-refractivity contribution >= 4 is 5.91 Å². The molecule has 1 rings (SSSR count). The molecule has 0 aliphatic carbocycles. The van der Waals surface area contributed by atoms with Crippen molar-refractivity contribution < 1.29 is 4.79 Å². The summed E-state index contributed by atoms with van der Waals surface area (Å²) in [5.74, 6) is -0.0497. The average Bonchev–Trinajstić information content (AvgIpc) is 2.45. The molecule has 0 saturated heterocycles. The van der Waals surface area contributed by atoms with Crippen LogP contribution in [0.1, 0.15) is 19.4 Å². The summed E-state index contributed by atoms with van der Waals surface area (Å²) in [6, 6.07) is 12.3. The lowest BCUT2D eigenvalue weighted by atomic mass is 10.2. The zero-order valence-corrected chi connectivity index (χ0v) is 12.5. The highest BCUT2D eigenvalue weighted by Gasteiger charge is 2.16. The van der Waals surface area contributed by atoms with Crippen LogP contribution in [0.25, 0.3) is 0 Å². The van der Waals surface area contributed by atoms with Crippen molar-refractivity contribution in [1.82, 2.24) is 9.80 Å². The van der Waals surface area contributed by atoms with Crippen LogP contribution in [0.15, 0.2) is 30.3 Å². The summed E-state index contributed by atoms with van der Waals surface area (Å²) >= 11 is 0. The third-order valence-electron chi connectivity index (χ3n) is 3.15. The van der Waals surface area contributed by atoms with Crippen molar-refractivity contribution in [3.63, 3.8) is 0 Å². The van der Waals surface area contributed by atoms with Crippen molar-refractivity contribution in [2.24, 2.45) is 5.92 Å². The van der Waals surface area contributed by atoms with E-state index >= 15 is 0 Å². The fraction of sp³-hybridized carbons (Fsp3) is 0.500. The molecule has 0 N–H and O–H groups in total. The SMILES string of the molecule is CCN(CC(C)C#N)C(=O)CN(C)Cc1ccccc1. The summed E-state index contributed by atoms with van der Waals surface area (Å²) in [5.41, 5.74) is 1.19. The number of amides is 1. The summed E-state index contributed by atoms with van der Waals surface area (Å²) < 4.78 is 0. The zero-order valence-electron chi connectivity index (χ0n) is 12.5. The van der Waals surface area contributed by atoms with Crippen LogP contribution in [-0.4, -0.2) is 42.4 Å². The molecule has 0 radical (unpaired) electrons. The van der Waals surface area contributed by atoms with Gasteiger partial charge < -0.3 is 4.90 Å². The van der Waals surface area contributed by atoms with E-state index in [0.717, 1.165) is 6.54 Å². The van der Waals surface area contributed by atoms with Crippen LogP contribution in [0, 0.1) is 17.2 Å². The molecular weight excluding hydrogens is 250 g/mol. The van der Waals surface area contributed by atoms with Gasteiger partial charge in [-0.15, -0.1) is 0 Å². The van der Waals surface area contributed by atoms with E-state index < -0.39 is 0 Å². The Morgan fingerprint density at radius 2 is 2.00 bits per heavy atom. The van der Waals surface area contributed by atoms with Gasteiger partial charge in [-0.05, 0) is 26.5 Å². The maximum atomic E-state index is 12.2. The van der Waals surface area contributed by atoms with E-state index in [1.165, 1.54) is 5.56 Å². The van der Waals surface area contributed by atoms with Gasteiger partial charge in [0, 0.05) is 19.6 Å². The highest BCUT2D eigenvalue weighted by molar-refractivity contribution is 5.78. The minimum Gasteiger partial charge on any atom is -0.341 e. The molecule has 1 atom stereocenters. The quantitative estimate of drug-likeness (QED) is 0.764. The molecule has 0 aromatic heterocycles. The Hall–Kier alpha value is -1.86. The summed E-state index contributed by atoms with van der Waals surface area (Å²) in [4.78, 5) is 15.9. The van der Waals surface area contributed by atoms with Gasteiger partial charge >= 0.3 is 0 Å². The van der Waals surface area contributed by atoms with Crippen molar-refractivity contribution in [3.8, 4) is 6.07 Å². The average molecular weight is 273 g/mol. The lowest BCUT2D eigenvalue weighted by molar-refractivity contribution is -0.132. The highest BCUT2D eigenvalue weighted by Crippen LogP contribution is 2.04. The van der Waals surface area contributed by atoms with Crippen LogP contribution in [0.4, 0.5) is 0 Å². The first-order chi connectivity index (χ1) is 9.56. The zero-order chi connectivity index (χ0) is 15.0. The largest absolute Gasteiger partial charge is 0.341 e. The second-order valence-electron chi connectivity index (χ2n) is 5.12. The topological polar surface area (TPSA) is 47.3 Å². The molecule has 0 saturated carbocycles. The number of nitriles is 1. The molecule has 0 spiro atoms. The number of benzene rings is 1. The Labute approximate surface area is 121 Å². The number of likely N-dealkylation sites (N-methyl/N-ethyl adjacent to an activating group) is 2. The van der Waals surface area contributed by atoms with Gasteiger partial charge in [-0.25, -0.2) is 0 Å². The van der Waals surface area contributed by atoms with Gasteiger partial charge in [0.1, 0.15) is 0 Å². The van der Waals surface area contributed by atoms with Gasteiger partial charge in [0.2, 0.25) is 5.91 Å². The Bertz CT molecular complexity index is 453.